The molecule has 32 heavy (non-hydrogen) atoms. The van der Waals surface area contributed by atoms with Crippen LogP contribution in [0.3, 0.4) is 0 Å². The summed E-state index contributed by atoms with van der Waals surface area (Å²) < 4.78 is 0. The Morgan fingerprint density at radius 2 is 0.688 bits per heavy atom. The van der Waals surface area contributed by atoms with Gasteiger partial charge in [-0.15, -0.1) is 0 Å². The predicted octanol–water partition coefficient (Wildman–Crippen LogP) is 8.69. The fraction of sp³-hybridized carbons (Fsp3) is 0.200. The number of benzene rings is 4. The molecule has 0 aliphatic heterocycles. The lowest BCUT2D eigenvalue weighted by atomic mass is 9.95. The van der Waals surface area contributed by atoms with Crippen molar-refractivity contribution in [3.8, 4) is 11.1 Å². The van der Waals surface area contributed by atoms with Crippen LogP contribution in [0.25, 0.3) is 11.1 Å². The van der Waals surface area contributed by atoms with Crippen LogP contribution in [0, 0.1) is 41.5 Å². The van der Waals surface area contributed by atoms with Gasteiger partial charge in [0.25, 0.3) is 0 Å². The minimum atomic E-state index is 1.12. The fourth-order valence-electron chi connectivity index (χ4n) is 4.22. The maximum atomic E-state index is 3.60. The first-order chi connectivity index (χ1) is 15.3. The number of nitrogens with one attached hydrogen (secondary N) is 2. The van der Waals surface area contributed by atoms with Crippen molar-refractivity contribution in [2.75, 3.05) is 10.6 Å². The van der Waals surface area contributed by atoms with Crippen molar-refractivity contribution in [1.82, 2.24) is 0 Å². The molecule has 0 heterocycles. The van der Waals surface area contributed by atoms with Crippen LogP contribution in [0.1, 0.15) is 33.4 Å². The Morgan fingerprint density at radius 3 is 0.969 bits per heavy atom. The lowest BCUT2D eigenvalue weighted by molar-refractivity contribution is 1.33. The highest BCUT2D eigenvalue weighted by atomic mass is 14.9. The average Bonchev–Trinajstić information content (AvgIpc) is 2.75. The van der Waals surface area contributed by atoms with Crippen LogP contribution in [0.15, 0.2) is 72.8 Å². The lowest BCUT2D eigenvalue weighted by Gasteiger charge is -2.18. The summed E-state index contributed by atoms with van der Waals surface area (Å²) in [6.07, 6.45) is 0. The van der Waals surface area contributed by atoms with Crippen LogP contribution in [0.2, 0.25) is 0 Å². The van der Waals surface area contributed by atoms with Crippen molar-refractivity contribution in [2.24, 2.45) is 0 Å². The molecule has 0 saturated carbocycles. The van der Waals surface area contributed by atoms with Gasteiger partial charge in [0.2, 0.25) is 0 Å². The van der Waals surface area contributed by atoms with Crippen LogP contribution >= 0.6 is 0 Å². The molecule has 2 heteroatoms. The Bertz CT molecular complexity index is 1100. The standard InChI is InChI=1S/C30H32N2/c1-19-7-11-27(12-8-19)31-29-21(3)15-25(16-22(29)4)26-17-23(5)30(24(6)18-26)32-28-13-9-20(2)10-14-28/h7-18,31-32H,1-6H3. The van der Waals surface area contributed by atoms with E-state index < -0.39 is 0 Å². The van der Waals surface area contributed by atoms with E-state index in [1.54, 1.807) is 0 Å². The summed E-state index contributed by atoms with van der Waals surface area (Å²) >= 11 is 0. The third-order valence-corrected chi connectivity index (χ3v) is 6.04. The zero-order valence-corrected chi connectivity index (χ0v) is 19.9. The van der Waals surface area contributed by atoms with Crippen molar-refractivity contribution in [3.05, 3.63) is 106 Å². The highest BCUT2D eigenvalue weighted by molar-refractivity contribution is 5.78. The maximum Gasteiger partial charge on any atom is 0.0444 e. The average molecular weight is 421 g/mol. The Labute approximate surface area is 192 Å². The molecule has 0 radical (unpaired) electrons. The minimum absolute atomic E-state index is 1.12. The van der Waals surface area contributed by atoms with Gasteiger partial charge in [0.15, 0.2) is 0 Å². The van der Waals surface area contributed by atoms with Crippen molar-refractivity contribution in [2.45, 2.75) is 41.5 Å². The van der Waals surface area contributed by atoms with Crippen molar-refractivity contribution >= 4 is 22.7 Å². The van der Waals surface area contributed by atoms with Crippen molar-refractivity contribution < 1.29 is 0 Å². The summed E-state index contributed by atoms with van der Waals surface area (Å²) in [5.74, 6) is 0. The Kier molecular flexibility index (Phi) is 6.05. The van der Waals surface area contributed by atoms with E-state index in [4.69, 9.17) is 0 Å². The van der Waals surface area contributed by atoms with E-state index >= 15 is 0 Å². The zero-order chi connectivity index (χ0) is 22.8. The Morgan fingerprint density at radius 1 is 0.406 bits per heavy atom. The van der Waals surface area contributed by atoms with Gasteiger partial charge in [-0.25, -0.2) is 0 Å². The summed E-state index contributed by atoms with van der Waals surface area (Å²) in [6, 6.07) is 26.2. The molecule has 0 fully saturated rings. The summed E-state index contributed by atoms with van der Waals surface area (Å²) in [5, 5.41) is 7.20. The molecule has 0 aliphatic carbocycles. The van der Waals surface area contributed by atoms with Crippen LogP contribution in [-0.2, 0) is 0 Å². The van der Waals surface area contributed by atoms with E-state index in [1.807, 2.05) is 0 Å². The van der Waals surface area contributed by atoms with Crippen LogP contribution in [0.5, 0.6) is 0 Å². The molecule has 0 spiro atoms. The van der Waals surface area contributed by atoms with Crippen molar-refractivity contribution in [3.63, 3.8) is 0 Å². The van der Waals surface area contributed by atoms with E-state index in [1.165, 1.54) is 55.9 Å². The fourth-order valence-corrected chi connectivity index (χ4v) is 4.22. The molecular formula is C30H32N2. The molecule has 4 rings (SSSR count). The summed E-state index contributed by atoms with van der Waals surface area (Å²) in [6.45, 7) is 12.9. The van der Waals surface area contributed by atoms with E-state index in [2.05, 4.69) is 125 Å². The Balaban J connectivity index is 1.63. The van der Waals surface area contributed by atoms with E-state index in [9.17, 15) is 0 Å². The second-order valence-electron chi connectivity index (χ2n) is 8.95. The molecule has 4 aromatic rings. The zero-order valence-electron chi connectivity index (χ0n) is 19.9. The Hall–Kier alpha value is -3.52. The summed E-state index contributed by atoms with van der Waals surface area (Å²) in [5.41, 5.74) is 14.6. The molecule has 0 aromatic heterocycles. The first-order valence-corrected chi connectivity index (χ1v) is 11.2. The normalized spacial score (nSPS) is 10.8. The molecule has 2 N–H and O–H groups in total. The minimum Gasteiger partial charge on any atom is -0.355 e. The van der Waals surface area contributed by atoms with Gasteiger partial charge in [0, 0.05) is 22.7 Å². The number of hydrogen-bond donors (Lipinski definition) is 2. The SMILES string of the molecule is Cc1ccc(Nc2c(C)cc(-c3cc(C)c(Nc4ccc(C)cc4)c(C)c3)cc2C)cc1. The van der Waals surface area contributed by atoms with Gasteiger partial charge >= 0.3 is 0 Å². The maximum absolute atomic E-state index is 3.60. The largest absolute Gasteiger partial charge is 0.355 e. The van der Waals surface area contributed by atoms with Gasteiger partial charge in [0.1, 0.15) is 0 Å². The van der Waals surface area contributed by atoms with Gasteiger partial charge < -0.3 is 10.6 Å². The molecule has 0 aliphatic rings. The molecule has 0 bridgehead atoms. The van der Waals surface area contributed by atoms with Crippen LogP contribution in [-0.4, -0.2) is 0 Å². The molecule has 4 aromatic carbocycles. The second kappa shape index (κ2) is 8.92. The molecule has 0 atom stereocenters. The first-order valence-electron chi connectivity index (χ1n) is 11.2. The van der Waals surface area contributed by atoms with E-state index in [-0.39, 0.29) is 0 Å². The number of aryl methyl sites for hydroxylation is 6. The number of rotatable bonds is 5. The first kappa shape index (κ1) is 21.7. The summed E-state index contributed by atoms with van der Waals surface area (Å²) in [4.78, 5) is 0. The third-order valence-electron chi connectivity index (χ3n) is 6.04. The predicted molar refractivity (Wildman–Crippen MR) is 140 cm³/mol. The van der Waals surface area contributed by atoms with Gasteiger partial charge in [-0.1, -0.05) is 35.4 Å². The molecule has 0 unspecified atom stereocenters. The quantitative estimate of drug-likeness (QED) is 0.337. The molecule has 0 amide bonds. The van der Waals surface area contributed by atoms with E-state index in [0.29, 0.717) is 0 Å². The third kappa shape index (κ3) is 4.70. The molecule has 162 valence electrons. The molecule has 2 nitrogen and oxygen atoms in total. The van der Waals surface area contributed by atoms with Crippen LogP contribution < -0.4 is 10.6 Å². The van der Waals surface area contributed by atoms with Gasteiger partial charge in [-0.2, -0.15) is 0 Å². The number of hydrogen-bond acceptors (Lipinski definition) is 2. The highest BCUT2D eigenvalue weighted by Crippen LogP contribution is 2.34. The number of anilines is 4. The van der Waals surface area contributed by atoms with E-state index in [0.717, 1.165) is 11.4 Å². The monoisotopic (exact) mass is 420 g/mol. The van der Waals surface area contributed by atoms with Gasteiger partial charge in [0.05, 0.1) is 0 Å². The molecule has 0 saturated heterocycles. The highest BCUT2D eigenvalue weighted by Gasteiger charge is 2.11. The van der Waals surface area contributed by atoms with Crippen LogP contribution in [0.4, 0.5) is 22.7 Å². The van der Waals surface area contributed by atoms with Gasteiger partial charge in [-0.05, 0) is 123 Å². The topological polar surface area (TPSA) is 24.1 Å². The van der Waals surface area contributed by atoms with Gasteiger partial charge in [-0.3, -0.25) is 0 Å². The smallest absolute Gasteiger partial charge is 0.0444 e. The molecular weight excluding hydrogens is 388 g/mol. The lowest BCUT2D eigenvalue weighted by Crippen LogP contribution is -1.99. The van der Waals surface area contributed by atoms with Crippen molar-refractivity contribution in [1.29, 1.82) is 0 Å². The summed E-state index contributed by atoms with van der Waals surface area (Å²) in [7, 11) is 0. The second-order valence-corrected chi connectivity index (χ2v) is 8.95.